The lowest BCUT2D eigenvalue weighted by Crippen LogP contribution is -2.52. The van der Waals surface area contributed by atoms with E-state index in [-0.39, 0.29) is 30.8 Å². The number of piperidine rings is 1. The largest absolute Gasteiger partial charge is 0.335 e. The van der Waals surface area contributed by atoms with E-state index in [1.807, 2.05) is 29.2 Å². The molecule has 150 valence electrons. The Morgan fingerprint density at radius 2 is 1.89 bits per heavy atom. The minimum absolute atomic E-state index is 0. The van der Waals surface area contributed by atoms with Gasteiger partial charge in [-0.1, -0.05) is 30.7 Å². The Balaban J connectivity index is 0.00000261. The second-order valence-electron chi connectivity index (χ2n) is 7.53. The summed E-state index contributed by atoms with van der Waals surface area (Å²) in [6, 6.07) is 7.55. The van der Waals surface area contributed by atoms with Crippen molar-refractivity contribution in [3.8, 4) is 0 Å². The van der Waals surface area contributed by atoms with Crippen molar-refractivity contribution >= 4 is 35.8 Å². The van der Waals surface area contributed by atoms with E-state index in [9.17, 15) is 9.59 Å². The van der Waals surface area contributed by atoms with E-state index in [4.69, 9.17) is 11.6 Å². The molecular weight excluding hydrogens is 385 g/mol. The van der Waals surface area contributed by atoms with Crippen LogP contribution in [0.15, 0.2) is 24.3 Å². The summed E-state index contributed by atoms with van der Waals surface area (Å²) in [6.07, 6.45) is 2.83. The molecule has 0 aliphatic carbocycles. The fraction of sp³-hybridized carbons (Fsp3) is 0.600. The number of hydrogen-bond donors (Lipinski definition) is 1. The maximum Gasteiger partial charge on any atom is 0.242 e. The summed E-state index contributed by atoms with van der Waals surface area (Å²) >= 11 is 5.91. The Morgan fingerprint density at radius 3 is 2.52 bits per heavy atom. The second kappa shape index (κ2) is 10.3. The molecule has 2 saturated heterocycles. The van der Waals surface area contributed by atoms with Crippen LogP contribution >= 0.6 is 24.0 Å². The molecule has 2 fully saturated rings. The molecule has 1 aromatic carbocycles. The molecule has 0 spiro atoms. The summed E-state index contributed by atoms with van der Waals surface area (Å²) in [4.78, 5) is 28.6. The fourth-order valence-corrected chi connectivity index (χ4v) is 4.01. The van der Waals surface area contributed by atoms with Crippen LogP contribution in [-0.4, -0.2) is 54.3 Å². The molecule has 0 aromatic heterocycles. The topological polar surface area (TPSA) is 52.7 Å². The molecule has 2 aliphatic rings. The molecule has 2 heterocycles. The molecule has 2 amide bonds. The van der Waals surface area contributed by atoms with Gasteiger partial charge in [-0.2, -0.15) is 0 Å². The number of carbonyl (C=O) groups excluding carboxylic acids is 2. The van der Waals surface area contributed by atoms with Gasteiger partial charge >= 0.3 is 0 Å². The molecule has 3 rings (SSSR count). The van der Waals surface area contributed by atoms with Crippen molar-refractivity contribution in [3.63, 3.8) is 0 Å². The first-order valence-corrected chi connectivity index (χ1v) is 9.91. The first kappa shape index (κ1) is 22.0. The van der Waals surface area contributed by atoms with E-state index in [2.05, 4.69) is 12.2 Å². The van der Waals surface area contributed by atoms with E-state index in [0.717, 1.165) is 31.5 Å². The average molecular weight is 414 g/mol. The maximum atomic E-state index is 12.6. The molecule has 0 saturated carbocycles. The summed E-state index contributed by atoms with van der Waals surface area (Å²) in [6.45, 7) is 6.25. The fourth-order valence-electron chi connectivity index (χ4n) is 3.88. The lowest BCUT2D eigenvalue weighted by atomic mass is 9.84. The number of nitrogens with zero attached hydrogens (tertiary/aromatic N) is 2. The third kappa shape index (κ3) is 6.09. The first-order valence-electron chi connectivity index (χ1n) is 9.53. The molecular formula is C20H29Cl2N3O2. The SMILES string of the molecule is CC(CC(=O)N1CCN(Cc2ccc(Cl)cc2)C(=O)C1)C1CCNCC1.Cl. The molecule has 27 heavy (non-hydrogen) atoms. The summed E-state index contributed by atoms with van der Waals surface area (Å²) in [5.74, 6) is 1.14. The van der Waals surface area contributed by atoms with Crippen molar-refractivity contribution in [1.29, 1.82) is 0 Å². The molecule has 1 unspecified atom stereocenters. The number of rotatable bonds is 5. The van der Waals surface area contributed by atoms with Crippen molar-refractivity contribution in [3.05, 3.63) is 34.9 Å². The standard InChI is InChI=1S/C20H28ClN3O2.ClH/c1-15(17-6-8-22-9-7-17)12-19(25)24-11-10-23(20(26)14-24)13-16-2-4-18(21)5-3-16;/h2-5,15,17,22H,6-14H2,1H3;1H. The molecule has 1 N–H and O–H groups in total. The predicted molar refractivity (Wildman–Crippen MR) is 110 cm³/mol. The van der Waals surface area contributed by atoms with Gasteiger partial charge < -0.3 is 15.1 Å². The van der Waals surface area contributed by atoms with Gasteiger partial charge in [-0.15, -0.1) is 12.4 Å². The van der Waals surface area contributed by atoms with E-state index >= 15 is 0 Å². The minimum atomic E-state index is 0. The zero-order chi connectivity index (χ0) is 18.5. The quantitative estimate of drug-likeness (QED) is 0.806. The lowest BCUT2D eigenvalue weighted by molar-refractivity contribution is -0.146. The van der Waals surface area contributed by atoms with E-state index in [1.165, 1.54) is 0 Å². The van der Waals surface area contributed by atoms with Gasteiger partial charge in [0.25, 0.3) is 0 Å². The summed E-state index contributed by atoms with van der Waals surface area (Å²) in [5.41, 5.74) is 1.06. The van der Waals surface area contributed by atoms with Crippen molar-refractivity contribution in [2.45, 2.75) is 32.7 Å². The van der Waals surface area contributed by atoms with Gasteiger partial charge in [0.15, 0.2) is 0 Å². The maximum absolute atomic E-state index is 12.6. The summed E-state index contributed by atoms with van der Waals surface area (Å²) in [7, 11) is 0. The highest BCUT2D eigenvalue weighted by Crippen LogP contribution is 2.25. The number of carbonyl (C=O) groups is 2. The number of hydrogen-bond acceptors (Lipinski definition) is 3. The van der Waals surface area contributed by atoms with Crippen LogP contribution in [0.5, 0.6) is 0 Å². The second-order valence-corrected chi connectivity index (χ2v) is 7.96. The minimum Gasteiger partial charge on any atom is -0.335 e. The Morgan fingerprint density at radius 1 is 1.22 bits per heavy atom. The van der Waals surface area contributed by atoms with Crippen LogP contribution in [-0.2, 0) is 16.1 Å². The molecule has 2 aliphatic heterocycles. The Bertz CT molecular complexity index is 633. The number of piperazine rings is 1. The van der Waals surface area contributed by atoms with Crippen LogP contribution in [0.25, 0.3) is 0 Å². The Hall–Kier alpha value is -1.30. The van der Waals surface area contributed by atoms with Crippen LogP contribution < -0.4 is 5.32 Å². The smallest absolute Gasteiger partial charge is 0.242 e. The molecule has 7 heteroatoms. The van der Waals surface area contributed by atoms with Crippen LogP contribution in [0, 0.1) is 11.8 Å². The monoisotopic (exact) mass is 413 g/mol. The Kier molecular flexibility index (Phi) is 8.39. The highest BCUT2D eigenvalue weighted by Gasteiger charge is 2.29. The average Bonchev–Trinajstić information content (AvgIpc) is 2.65. The van der Waals surface area contributed by atoms with Crippen LogP contribution in [0.2, 0.25) is 5.02 Å². The lowest BCUT2D eigenvalue weighted by Gasteiger charge is -2.36. The number of benzene rings is 1. The van der Waals surface area contributed by atoms with Gasteiger partial charge in [0.05, 0.1) is 6.54 Å². The third-order valence-electron chi connectivity index (χ3n) is 5.64. The van der Waals surface area contributed by atoms with Gasteiger partial charge in [-0.3, -0.25) is 9.59 Å². The van der Waals surface area contributed by atoms with Crippen LogP contribution in [0.3, 0.4) is 0 Å². The Labute approximate surface area is 172 Å². The molecule has 5 nitrogen and oxygen atoms in total. The van der Waals surface area contributed by atoms with Crippen LogP contribution in [0.4, 0.5) is 0 Å². The van der Waals surface area contributed by atoms with Gasteiger partial charge in [0, 0.05) is 31.1 Å². The number of amides is 2. The summed E-state index contributed by atoms with van der Waals surface area (Å²) in [5, 5.41) is 4.06. The molecule has 1 aromatic rings. The molecule has 1 atom stereocenters. The van der Waals surface area contributed by atoms with Crippen molar-refractivity contribution < 1.29 is 9.59 Å². The van der Waals surface area contributed by atoms with Gasteiger partial charge in [-0.25, -0.2) is 0 Å². The molecule has 0 bridgehead atoms. The number of nitrogens with one attached hydrogen (secondary N) is 1. The zero-order valence-corrected chi connectivity index (χ0v) is 17.4. The van der Waals surface area contributed by atoms with Crippen molar-refractivity contribution in [2.75, 3.05) is 32.7 Å². The van der Waals surface area contributed by atoms with Gasteiger partial charge in [0.2, 0.25) is 11.8 Å². The normalized spacial score (nSPS) is 19.6. The highest BCUT2D eigenvalue weighted by molar-refractivity contribution is 6.30. The summed E-state index contributed by atoms with van der Waals surface area (Å²) < 4.78 is 0. The zero-order valence-electron chi connectivity index (χ0n) is 15.8. The predicted octanol–water partition coefficient (Wildman–Crippen LogP) is 2.96. The van der Waals surface area contributed by atoms with E-state index < -0.39 is 0 Å². The first-order chi connectivity index (χ1) is 12.5. The van der Waals surface area contributed by atoms with Gasteiger partial charge in [0.1, 0.15) is 0 Å². The number of halogens is 2. The third-order valence-corrected chi connectivity index (χ3v) is 5.90. The van der Waals surface area contributed by atoms with Crippen molar-refractivity contribution in [2.24, 2.45) is 11.8 Å². The molecule has 0 radical (unpaired) electrons. The van der Waals surface area contributed by atoms with Gasteiger partial charge in [-0.05, 0) is 55.5 Å². The van der Waals surface area contributed by atoms with Crippen LogP contribution in [0.1, 0.15) is 31.7 Å². The highest BCUT2D eigenvalue weighted by atomic mass is 35.5. The van der Waals surface area contributed by atoms with E-state index in [0.29, 0.717) is 42.9 Å². The van der Waals surface area contributed by atoms with Crippen molar-refractivity contribution in [1.82, 2.24) is 15.1 Å². The van der Waals surface area contributed by atoms with E-state index in [1.54, 1.807) is 4.90 Å².